The normalized spacial score (nSPS) is 11.6. The first kappa shape index (κ1) is 12.4. The van der Waals surface area contributed by atoms with Crippen LogP contribution in [0.15, 0.2) is 41.0 Å². The zero-order valence-corrected chi connectivity index (χ0v) is 9.41. The van der Waals surface area contributed by atoms with Gasteiger partial charge in [0.15, 0.2) is 5.78 Å². The van der Waals surface area contributed by atoms with Crippen molar-refractivity contribution in [2.75, 3.05) is 0 Å². The van der Waals surface area contributed by atoms with Gasteiger partial charge in [0.2, 0.25) is 0 Å². The zero-order valence-electron chi connectivity index (χ0n) is 9.41. The molecule has 0 fully saturated rings. The monoisotopic (exact) mass is 254 g/mol. The molecule has 0 amide bonds. The Morgan fingerprint density at radius 1 is 1.11 bits per heavy atom. The number of aryl methyl sites for hydroxylation is 1. The maximum atomic E-state index is 12.3. The molecule has 0 atom stereocenters. The molecule has 18 heavy (non-hydrogen) atoms. The molecule has 0 aliphatic heterocycles. The lowest BCUT2D eigenvalue weighted by atomic mass is 10.0. The van der Waals surface area contributed by atoms with Crippen LogP contribution in [0.1, 0.15) is 27.2 Å². The summed E-state index contributed by atoms with van der Waals surface area (Å²) in [5.74, 6) is 0.214. The summed E-state index contributed by atoms with van der Waals surface area (Å²) in [5, 5.41) is 0. The molecule has 0 aliphatic rings. The first-order valence-corrected chi connectivity index (χ1v) is 5.15. The van der Waals surface area contributed by atoms with Crippen LogP contribution in [-0.4, -0.2) is 5.78 Å². The molecule has 0 radical (unpaired) electrons. The largest absolute Gasteiger partial charge is 0.469 e. The predicted molar refractivity (Wildman–Crippen MR) is 58.3 cm³/mol. The van der Waals surface area contributed by atoms with Crippen molar-refractivity contribution in [3.05, 3.63) is 59.0 Å². The number of ketones is 1. The van der Waals surface area contributed by atoms with Gasteiger partial charge in [-0.05, 0) is 25.1 Å². The Hall–Kier alpha value is -2.04. The minimum absolute atomic E-state index is 0.198. The second kappa shape index (κ2) is 4.33. The summed E-state index contributed by atoms with van der Waals surface area (Å²) < 4.78 is 42.0. The Bertz CT molecular complexity index is 565. The molecule has 0 saturated heterocycles. The van der Waals surface area contributed by atoms with E-state index in [1.807, 2.05) is 0 Å². The molecule has 0 N–H and O–H groups in total. The van der Waals surface area contributed by atoms with Crippen LogP contribution in [-0.2, 0) is 6.18 Å². The van der Waals surface area contributed by atoms with Crippen LogP contribution in [0.5, 0.6) is 0 Å². The topological polar surface area (TPSA) is 30.2 Å². The lowest BCUT2D eigenvalue weighted by Crippen LogP contribution is -2.06. The second-order valence-corrected chi connectivity index (χ2v) is 3.85. The summed E-state index contributed by atoms with van der Waals surface area (Å²) >= 11 is 0. The summed E-state index contributed by atoms with van der Waals surface area (Å²) in [5.41, 5.74) is -0.251. The molecule has 94 valence electrons. The van der Waals surface area contributed by atoms with Gasteiger partial charge in [0.05, 0.1) is 11.1 Å². The number of benzene rings is 1. The van der Waals surface area contributed by atoms with Crippen molar-refractivity contribution in [2.45, 2.75) is 13.1 Å². The van der Waals surface area contributed by atoms with E-state index in [0.717, 1.165) is 24.3 Å². The second-order valence-electron chi connectivity index (χ2n) is 3.85. The number of hydrogen-bond donors (Lipinski definition) is 0. The standard InChI is InChI=1S/C13H9F3O2/c1-8-6-10(7-18-8)12(17)9-2-4-11(5-3-9)13(14,15)16/h2-7H,1H3. The molecule has 0 bridgehead atoms. The lowest BCUT2D eigenvalue weighted by Gasteiger charge is -2.06. The summed E-state index contributed by atoms with van der Waals surface area (Å²) in [6.45, 7) is 1.68. The number of carbonyl (C=O) groups excluding carboxylic acids is 1. The molecule has 2 rings (SSSR count). The van der Waals surface area contributed by atoms with Crippen LogP contribution in [0.4, 0.5) is 13.2 Å². The van der Waals surface area contributed by atoms with E-state index in [2.05, 4.69) is 0 Å². The minimum atomic E-state index is -4.40. The number of halogens is 3. The fraction of sp³-hybridized carbons (Fsp3) is 0.154. The van der Waals surface area contributed by atoms with E-state index >= 15 is 0 Å². The average molecular weight is 254 g/mol. The molecule has 0 aliphatic carbocycles. The van der Waals surface area contributed by atoms with Crippen molar-refractivity contribution < 1.29 is 22.4 Å². The molecule has 0 spiro atoms. The molecule has 0 unspecified atom stereocenters. The number of rotatable bonds is 2. The Morgan fingerprint density at radius 3 is 2.17 bits per heavy atom. The van der Waals surface area contributed by atoms with E-state index in [1.54, 1.807) is 13.0 Å². The van der Waals surface area contributed by atoms with Crippen LogP contribution in [0.25, 0.3) is 0 Å². The maximum absolute atomic E-state index is 12.3. The molecular formula is C13H9F3O2. The van der Waals surface area contributed by atoms with Gasteiger partial charge in [0, 0.05) is 5.56 Å². The van der Waals surface area contributed by atoms with Crippen molar-refractivity contribution in [2.24, 2.45) is 0 Å². The minimum Gasteiger partial charge on any atom is -0.469 e. The Morgan fingerprint density at radius 2 is 1.72 bits per heavy atom. The Labute approximate surface area is 101 Å². The molecule has 2 aromatic rings. The van der Waals surface area contributed by atoms with Crippen molar-refractivity contribution in [3.63, 3.8) is 0 Å². The van der Waals surface area contributed by atoms with Crippen molar-refractivity contribution >= 4 is 5.78 Å². The highest BCUT2D eigenvalue weighted by atomic mass is 19.4. The Kier molecular flexibility index (Phi) is 2.98. The highest BCUT2D eigenvalue weighted by Crippen LogP contribution is 2.29. The predicted octanol–water partition coefficient (Wildman–Crippen LogP) is 3.84. The van der Waals surface area contributed by atoms with Gasteiger partial charge in [0.1, 0.15) is 12.0 Å². The fourth-order valence-corrected chi connectivity index (χ4v) is 1.54. The molecule has 1 aromatic carbocycles. The van der Waals surface area contributed by atoms with E-state index in [9.17, 15) is 18.0 Å². The van der Waals surface area contributed by atoms with Gasteiger partial charge in [-0.1, -0.05) is 12.1 Å². The van der Waals surface area contributed by atoms with E-state index < -0.39 is 11.7 Å². The van der Waals surface area contributed by atoms with Crippen LogP contribution >= 0.6 is 0 Å². The molecule has 1 aromatic heterocycles. The van der Waals surface area contributed by atoms with E-state index in [0.29, 0.717) is 11.3 Å². The highest BCUT2D eigenvalue weighted by molar-refractivity contribution is 6.08. The highest BCUT2D eigenvalue weighted by Gasteiger charge is 2.30. The van der Waals surface area contributed by atoms with Crippen LogP contribution in [0.3, 0.4) is 0 Å². The number of furan rings is 1. The van der Waals surface area contributed by atoms with Crippen molar-refractivity contribution in [3.8, 4) is 0 Å². The van der Waals surface area contributed by atoms with Gasteiger partial charge in [-0.2, -0.15) is 13.2 Å². The molecule has 1 heterocycles. The zero-order chi connectivity index (χ0) is 13.3. The van der Waals surface area contributed by atoms with Crippen LogP contribution < -0.4 is 0 Å². The Balaban J connectivity index is 2.28. The van der Waals surface area contributed by atoms with Gasteiger partial charge in [-0.25, -0.2) is 0 Å². The van der Waals surface area contributed by atoms with Gasteiger partial charge < -0.3 is 4.42 Å². The quantitative estimate of drug-likeness (QED) is 0.762. The summed E-state index contributed by atoms with van der Waals surface area (Å²) in [4.78, 5) is 11.9. The fourth-order valence-electron chi connectivity index (χ4n) is 1.54. The SMILES string of the molecule is Cc1cc(C(=O)c2ccc(C(F)(F)F)cc2)co1. The van der Waals surface area contributed by atoms with Crippen LogP contribution in [0.2, 0.25) is 0 Å². The van der Waals surface area contributed by atoms with Crippen molar-refractivity contribution in [1.82, 2.24) is 0 Å². The van der Waals surface area contributed by atoms with E-state index in [1.165, 1.54) is 6.26 Å². The van der Waals surface area contributed by atoms with Crippen LogP contribution in [0, 0.1) is 6.92 Å². The molecule has 5 heteroatoms. The first-order chi connectivity index (χ1) is 8.38. The van der Waals surface area contributed by atoms with E-state index in [-0.39, 0.29) is 11.3 Å². The number of hydrogen-bond acceptors (Lipinski definition) is 2. The van der Waals surface area contributed by atoms with Gasteiger partial charge in [0.25, 0.3) is 0 Å². The van der Waals surface area contributed by atoms with E-state index in [4.69, 9.17) is 4.42 Å². The third-order valence-corrected chi connectivity index (χ3v) is 2.47. The van der Waals surface area contributed by atoms with Gasteiger partial charge >= 0.3 is 6.18 Å². The van der Waals surface area contributed by atoms with Crippen molar-refractivity contribution in [1.29, 1.82) is 0 Å². The van der Waals surface area contributed by atoms with Gasteiger partial charge in [-0.15, -0.1) is 0 Å². The summed E-state index contributed by atoms with van der Waals surface area (Å²) in [6, 6.07) is 5.64. The first-order valence-electron chi connectivity index (χ1n) is 5.15. The third-order valence-electron chi connectivity index (χ3n) is 2.47. The molecular weight excluding hydrogens is 245 g/mol. The average Bonchev–Trinajstić information content (AvgIpc) is 2.74. The summed E-state index contributed by atoms with van der Waals surface area (Å²) in [7, 11) is 0. The van der Waals surface area contributed by atoms with Gasteiger partial charge in [-0.3, -0.25) is 4.79 Å². The third kappa shape index (κ3) is 2.45. The molecule has 2 nitrogen and oxygen atoms in total. The number of alkyl halides is 3. The smallest absolute Gasteiger partial charge is 0.416 e. The molecule has 0 saturated carbocycles. The number of carbonyl (C=O) groups is 1. The lowest BCUT2D eigenvalue weighted by molar-refractivity contribution is -0.137. The maximum Gasteiger partial charge on any atom is 0.416 e. The summed E-state index contributed by atoms with van der Waals surface area (Å²) in [6.07, 6.45) is -3.11.